The number of benzene rings is 1. The number of hydrogen-bond donors (Lipinski definition) is 1. The van der Waals surface area contributed by atoms with Crippen LogP contribution >= 0.6 is 0 Å². The predicted octanol–water partition coefficient (Wildman–Crippen LogP) is 3.49. The van der Waals surface area contributed by atoms with Crippen molar-refractivity contribution < 1.29 is 0 Å². The van der Waals surface area contributed by atoms with E-state index in [0.29, 0.717) is 12.0 Å². The molecule has 2 atom stereocenters. The lowest BCUT2D eigenvalue weighted by Gasteiger charge is -2.24. The second kappa shape index (κ2) is 5.92. The highest BCUT2D eigenvalue weighted by Gasteiger charge is 2.15. The van der Waals surface area contributed by atoms with Gasteiger partial charge in [0, 0.05) is 6.04 Å². The van der Waals surface area contributed by atoms with Crippen molar-refractivity contribution >= 4 is 0 Å². The van der Waals surface area contributed by atoms with Gasteiger partial charge in [0.15, 0.2) is 0 Å². The number of aryl methyl sites for hydroxylation is 1. The summed E-state index contributed by atoms with van der Waals surface area (Å²) in [5.41, 5.74) is 2.77. The molecule has 0 fully saturated rings. The van der Waals surface area contributed by atoms with Crippen molar-refractivity contribution in [3.8, 4) is 0 Å². The van der Waals surface area contributed by atoms with Gasteiger partial charge in [0.05, 0.1) is 0 Å². The van der Waals surface area contributed by atoms with E-state index in [0.717, 1.165) is 6.54 Å². The maximum absolute atomic E-state index is 3.55. The Morgan fingerprint density at radius 3 is 2.20 bits per heavy atom. The van der Waals surface area contributed by atoms with Crippen molar-refractivity contribution in [2.24, 2.45) is 0 Å². The highest BCUT2D eigenvalue weighted by atomic mass is 14.9. The molecular weight excluding hydrogens is 182 g/mol. The standard InChI is InChI=1S/C14H23N/c1-5-14(15-6-2)12(4)13-9-7-11(3)8-10-13/h7-10,12,14-15H,5-6H2,1-4H3. The lowest BCUT2D eigenvalue weighted by atomic mass is 9.91. The van der Waals surface area contributed by atoms with E-state index in [4.69, 9.17) is 0 Å². The second-order valence-electron chi connectivity index (χ2n) is 4.27. The predicted molar refractivity (Wildman–Crippen MR) is 67.3 cm³/mol. The molecular formula is C14H23N. The Labute approximate surface area is 93.9 Å². The van der Waals surface area contributed by atoms with Crippen molar-refractivity contribution in [2.45, 2.75) is 46.1 Å². The van der Waals surface area contributed by atoms with E-state index in [1.807, 2.05) is 0 Å². The van der Waals surface area contributed by atoms with Gasteiger partial charge in [0.25, 0.3) is 0 Å². The molecule has 1 aromatic rings. The van der Waals surface area contributed by atoms with Gasteiger partial charge in [-0.15, -0.1) is 0 Å². The molecule has 0 spiro atoms. The van der Waals surface area contributed by atoms with E-state index in [1.54, 1.807) is 0 Å². The highest BCUT2D eigenvalue weighted by Crippen LogP contribution is 2.21. The van der Waals surface area contributed by atoms with Crippen molar-refractivity contribution in [3.05, 3.63) is 35.4 Å². The summed E-state index contributed by atoms with van der Waals surface area (Å²) >= 11 is 0. The summed E-state index contributed by atoms with van der Waals surface area (Å²) in [5, 5.41) is 3.55. The molecule has 0 aliphatic rings. The number of hydrogen-bond acceptors (Lipinski definition) is 1. The average Bonchev–Trinajstić information content (AvgIpc) is 2.26. The smallest absolute Gasteiger partial charge is 0.0130 e. The lowest BCUT2D eigenvalue weighted by Crippen LogP contribution is -2.32. The fourth-order valence-corrected chi connectivity index (χ4v) is 2.04. The first-order chi connectivity index (χ1) is 7.19. The fourth-order valence-electron chi connectivity index (χ4n) is 2.04. The summed E-state index contributed by atoms with van der Waals surface area (Å²) in [4.78, 5) is 0. The maximum atomic E-state index is 3.55. The second-order valence-corrected chi connectivity index (χ2v) is 4.27. The third kappa shape index (κ3) is 3.35. The summed E-state index contributed by atoms with van der Waals surface area (Å²) in [6, 6.07) is 9.49. The van der Waals surface area contributed by atoms with Gasteiger partial charge in [0.1, 0.15) is 0 Å². The van der Waals surface area contributed by atoms with Gasteiger partial charge in [-0.05, 0) is 31.4 Å². The van der Waals surface area contributed by atoms with Gasteiger partial charge in [0.2, 0.25) is 0 Å². The number of nitrogens with one attached hydrogen (secondary N) is 1. The van der Waals surface area contributed by atoms with E-state index in [9.17, 15) is 0 Å². The van der Waals surface area contributed by atoms with Crippen molar-refractivity contribution in [1.82, 2.24) is 5.32 Å². The summed E-state index contributed by atoms with van der Waals surface area (Å²) < 4.78 is 0. The Morgan fingerprint density at radius 2 is 1.73 bits per heavy atom. The van der Waals surface area contributed by atoms with Crippen LogP contribution in [0.1, 0.15) is 44.2 Å². The van der Waals surface area contributed by atoms with E-state index < -0.39 is 0 Å². The first-order valence-electron chi connectivity index (χ1n) is 5.99. The summed E-state index contributed by atoms with van der Waals surface area (Å²) in [6.07, 6.45) is 1.18. The van der Waals surface area contributed by atoms with Crippen LogP contribution in [0.15, 0.2) is 24.3 Å². The summed E-state index contributed by atoms with van der Waals surface area (Å²) in [7, 11) is 0. The largest absolute Gasteiger partial charge is 0.314 e. The fraction of sp³-hybridized carbons (Fsp3) is 0.571. The van der Waals surface area contributed by atoms with Gasteiger partial charge in [-0.3, -0.25) is 0 Å². The Kier molecular flexibility index (Phi) is 4.83. The van der Waals surface area contributed by atoms with E-state index >= 15 is 0 Å². The molecule has 15 heavy (non-hydrogen) atoms. The topological polar surface area (TPSA) is 12.0 Å². The molecule has 1 rings (SSSR count). The Morgan fingerprint density at radius 1 is 1.13 bits per heavy atom. The zero-order valence-corrected chi connectivity index (χ0v) is 10.4. The molecule has 0 radical (unpaired) electrons. The van der Waals surface area contributed by atoms with Crippen molar-refractivity contribution in [1.29, 1.82) is 0 Å². The third-order valence-corrected chi connectivity index (χ3v) is 3.11. The molecule has 1 aromatic carbocycles. The Hall–Kier alpha value is -0.820. The molecule has 0 saturated carbocycles. The first kappa shape index (κ1) is 12.3. The van der Waals surface area contributed by atoms with Crippen LogP contribution in [-0.4, -0.2) is 12.6 Å². The molecule has 0 aliphatic carbocycles. The molecule has 0 amide bonds. The SMILES string of the molecule is CCNC(CC)C(C)c1ccc(C)cc1. The molecule has 2 unspecified atom stereocenters. The van der Waals surface area contributed by atoms with Gasteiger partial charge in [-0.1, -0.05) is 50.6 Å². The summed E-state index contributed by atoms with van der Waals surface area (Å²) in [5.74, 6) is 0.593. The normalized spacial score (nSPS) is 14.9. The molecule has 0 aliphatic heterocycles. The molecule has 0 heterocycles. The minimum Gasteiger partial charge on any atom is -0.314 e. The molecule has 0 saturated heterocycles. The van der Waals surface area contributed by atoms with Crippen molar-refractivity contribution in [2.75, 3.05) is 6.54 Å². The molecule has 84 valence electrons. The first-order valence-corrected chi connectivity index (χ1v) is 5.99. The lowest BCUT2D eigenvalue weighted by molar-refractivity contribution is 0.449. The van der Waals surface area contributed by atoms with Crippen LogP contribution in [0.25, 0.3) is 0 Å². The molecule has 1 nitrogen and oxygen atoms in total. The highest BCUT2D eigenvalue weighted by molar-refractivity contribution is 5.25. The minimum absolute atomic E-state index is 0.593. The van der Waals surface area contributed by atoms with Crippen LogP contribution in [0.2, 0.25) is 0 Å². The Balaban J connectivity index is 2.73. The van der Waals surface area contributed by atoms with E-state index in [1.165, 1.54) is 17.5 Å². The summed E-state index contributed by atoms with van der Waals surface area (Å²) in [6.45, 7) is 9.91. The third-order valence-electron chi connectivity index (χ3n) is 3.11. The average molecular weight is 205 g/mol. The monoisotopic (exact) mass is 205 g/mol. The van der Waals surface area contributed by atoms with Crippen LogP contribution in [0, 0.1) is 6.92 Å². The van der Waals surface area contributed by atoms with Crippen molar-refractivity contribution in [3.63, 3.8) is 0 Å². The van der Waals surface area contributed by atoms with Gasteiger partial charge < -0.3 is 5.32 Å². The Bertz CT molecular complexity index is 276. The van der Waals surface area contributed by atoms with Crippen LogP contribution < -0.4 is 5.32 Å². The zero-order chi connectivity index (χ0) is 11.3. The number of rotatable bonds is 5. The van der Waals surface area contributed by atoms with Crippen LogP contribution in [0.3, 0.4) is 0 Å². The molecule has 1 heteroatoms. The van der Waals surface area contributed by atoms with Gasteiger partial charge >= 0.3 is 0 Å². The van der Waals surface area contributed by atoms with Gasteiger partial charge in [-0.25, -0.2) is 0 Å². The molecule has 0 bridgehead atoms. The molecule has 0 aromatic heterocycles. The quantitative estimate of drug-likeness (QED) is 0.776. The van der Waals surface area contributed by atoms with E-state index in [-0.39, 0.29) is 0 Å². The van der Waals surface area contributed by atoms with Crippen LogP contribution in [0.4, 0.5) is 0 Å². The van der Waals surface area contributed by atoms with E-state index in [2.05, 4.69) is 57.3 Å². The molecule has 1 N–H and O–H groups in total. The van der Waals surface area contributed by atoms with Gasteiger partial charge in [-0.2, -0.15) is 0 Å². The maximum Gasteiger partial charge on any atom is 0.0130 e. The van der Waals surface area contributed by atoms with Crippen LogP contribution in [-0.2, 0) is 0 Å². The number of likely N-dealkylation sites (N-methyl/N-ethyl adjacent to an activating group) is 1. The zero-order valence-electron chi connectivity index (χ0n) is 10.4. The minimum atomic E-state index is 0.593. The van der Waals surface area contributed by atoms with Crippen LogP contribution in [0.5, 0.6) is 0 Å².